The quantitative estimate of drug-likeness (QED) is 0.435. The molecule has 0 fully saturated rings. The maximum absolute atomic E-state index is 6.12. The molecule has 0 aliphatic heterocycles. The van der Waals surface area contributed by atoms with Gasteiger partial charge < -0.3 is 14.0 Å². The summed E-state index contributed by atoms with van der Waals surface area (Å²) in [5, 5.41) is 9.92. The highest BCUT2D eigenvalue weighted by Gasteiger charge is 2.14. The molecule has 3 aromatic rings. The zero-order chi connectivity index (χ0) is 19.8. The minimum atomic E-state index is 0.308. The van der Waals surface area contributed by atoms with E-state index in [4.69, 9.17) is 21.1 Å². The van der Waals surface area contributed by atoms with Crippen LogP contribution in [0.15, 0.2) is 71.4 Å². The molecule has 0 N–H and O–H groups in total. The van der Waals surface area contributed by atoms with Crippen molar-refractivity contribution < 1.29 is 9.47 Å². The van der Waals surface area contributed by atoms with Gasteiger partial charge in [0.25, 0.3) is 0 Å². The molecule has 0 amide bonds. The van der Waals surface area contributed by atoms with E-state index in [1.54, 1.807) is 7.11 Å². The number of benzene rings is 2. The Hall–Kier alpha value is -2.28. The van der Waals surface area contributed by atoms with Crippen LogP contribution < -0.4 is 4.74 Å². The van der Waals surface area contributed by atoms with Gasteiger partial charge >= 0.3 is 0 Å². The second-order valence-electron chi connectivity index (χ2n) is 6.00. The van der Waals surface area contributed by atoms with E-state index in [9.17, 15) is 0 Å². The van der Waals surface area contributed by atoms with Gasteiger partial charge in [0.05, 0.1) is 6.61 Å². The molecule has 0 bridgehead atoms. The van der Waals surface area contributed by atoms with E-state index >= 15 is 0 Å². The third kappa shape index (κ3) is 5.38. The molecule has 28 heavy (non-hydrogen) atoms. The first kappa shape index (κ1) is 20.5. The highest BCUT2D eigenvalue weighted by atomic mass is 35.5. The molecule has 0 aliphatic rings. The number of methoxy groups -OCH3 is 1. The Morgan fingerprint density at radius 3 is 2.61 bits per heavy atom. The molecule has 0 aliphatic carbocycles. The zero-order valence-electron chi connectivity index (χ0n) is 15.7. The molecule has 0 spiro atoms. The summed E-state index contributed by atoms with van der Waals surface area (Å²) in [6.07, 6.45) is 0. The lowest BCUT2D eigenvalue weighted by atomic mass is 10.1. The third-order valence-corrected chi connectivity index (χ3v) is 5.34. The Bertz CT molecular complexity index is 915. The highest BCUT2D eigenvalue weighted by molar-refractivity contribution is 7.99. The van der Waals surface area contributed by atoms with Gasteiger partial charge in [0.2, 0.25) is 0 Å². The van der Waals surface area contributed by atoms with Gasteiger partial charge in [0.1, 0.15) is 12.4 Å². The summed E-state index contributed by atoms with van der Waals surface area (Å²) in [5.74, 6) is 2.12. The minimum Gasteiger partial charge on any atom is -0.485 e. The Balaban J connectivity index is 1.78. The van der Waals surface area contributed by atoms with Gasteiger partial charge in [-0.2, -0.15) is 0 Å². The predicted molar refractivity (Wildman–Crippen MR) is 114 cm³/mol. The monoisotopic (exact) mass is 415 g/mol. The average Bonchev–Trinajstić information content (AvgIpc) is 3.11. The number of nitrogens with zero attached hydrogens (tertiary/aromatic N) is 3. The molecule has 1 heterocycles. The van der Waals surface area contributed by atoms with E-state index in [2.05, 4.69) is 28.9 Å². The van der Waals surface area contributed by atoms with Crippen LogP contribution in [0.1, 0.15) is 5.82 Å². The molecule has 146 valence electrons. The molecule has 7 heteroatoms. The fourth-order valence-corrected chi connectivity index (χ4v) is 3.57. The van der Waals surface area contributed by atoms with Crippen LogP contribution in [0.5, 0.6) is 5.75 Å². The topological polar surface area (TPSA) is 49.2 Å². The summed E-state index contributed by atoms with van der Waals surface area (Å²) in [7, 11) is 1.67. The van der Waals surface area contributed by atoms with E-state index in [0.717, 1.165) is 27.9 Å². The number of hydrogen-bond donors (Lipinski definition) is 0. The molecule has 0 unspecified atom stereocenters. The maximum Gasteiger partial charge on any atom is 0.191 e. The molecule has 3 rings (SSSR count). The number of halogens is 1. The summed E-state index contributed by atoms with van der Waals surface area (Å²) in [4.78, 5) is 0. The van der Waals surface area contributed by atoms with Gasteiger partial charge in [0, 0.05) is 30.0 Å². The second-order valence-corrected chi connectivity index (χ2v) is 7.48. The molecular weight excluding hydrogens is 394 g/mol. The van der Waals surface area contributed by atoms with Crippen LogP contribution in [0.4, 0.5) is 0 Å². The summed E-state index contributed by atoms with van der Waals surface area (Å²) in [6, 6.07) is 18.1. The summed E-state index contributed by atoms with van der Waals surface area (Å²) in [6.45, 7) is 5.22. The van der Waals surface area contributed by atoms with Gasteiger partial charge in [-0.25, -0.2) is 0 Å². The van der Waals surface area contributed by atoms with Gasteiger partial charge in [0.15, 0.2) is 11.0 Å². The molecule has 0 atom stereocenters. The van der Waals surface area contributed by atoms with Crippen molar-refractivity contribution in [3.63, 3.8) is 0 Å². The van der Waals surface area contributed by atoms with Crippen molar-refractivity contribution in [2.24, 2.45) is 0 Å². The number of hydrogen-bond acceptors (Lipinski definition) is 5. The smallest absolute Gasteiger partial charge is 0.191 e. The summed E-state index contributed by atoms with van der Waals surface area (Å²) in [5.41, 5.74) is 2.15. The lowest BCUT2D eigenvalue weighted by Crippen LogP contribution is -2.12. The van der Waals surface area contributed by atoms with Crippen LogP contribution in [0, 0.1) is 0 Å². The Labute approximate surface area is 174 Å². The lowest BCUT2D eigenvalue weighted by Gasteiger charge is -2.13. The Morgan fingerprint density at radius 1 is 1.11 bits per heavy atom. The van der Waals surface area contributed by atoms with Crippen LogP contribution in [0.2, 0.25) is 0 Å². The van der Waals surface area contributed by atoms with Crippen molar-refractivity contribution in [1.29, 1.82) is 0 Å². The third-order valence-electron chi connectivity index (χ3n) is 4.00. The fourth-order valence-electron chi connectivity index (χ4n) is 2.67. The molecule has 5 nitrogen and oxygen atoms in total. The number of thioether (sulfide) groups is 1. The van der Waals surface area contributed by atoms with Crippen LogP contribution in [0.3, 0.4) is 0 Å². The maximum atomic E-state index is 6.12. The summed E-state index contributed by atoms with van der Waals surface area (Å²) < 4.78 is 13.3. The molecule has 0 saturated heterocycles. The normalized spacial score (nSPS) is 10.8. The van der Waals surface area contributed by atoms with E-state index in [1.165, 1.54) is 11.8 Å². The molecule has 0 saturated carbocycles. The van der Waals surface area contributed by atoms with E-state index < -0.39 is 0 Å². The number of ether oxygens (including phenoxy) is 2. The lowest BCUT2D eigenvalue weighted by molar-refractivity contribution is 0.181. The average molecular weight is 416 g/mol. The fraction of sp³-hybridized carbons (Fsp3) is 0.238. The van der Waals surface area contributed by atoms with Crippen LogP contribution in [-0.4, -0.2) is 34.2 Å². The molecular formula is C21H22ClN3O2S. The Morgan fingerprint density at radius 2 is 1.86 bits per heavy atom. The van der Waals surface area contributed by atoms with E-state index in [0.29, 0.717) is 30.5 Å². The first-order valence-electron chi connectivity index (χ1n) is 8.83. The van der Waals surface area contributed by atoms with Crippen molar-refractivity contribution in [1.82, 2.24) is 14.8 Å². The van der Waals surface area contributed by atoms with Gasteiger partial charge in [-0.3, -0.25) is 0 Å². The Kier molecular flexibility index (Phi) is 7.54. The predicted octanol–water partition coefficient (Wildman–Crippen LogP) is 5.02. The first-order valence-corrected chi connectivity index (χ1v) is 10.2. The number of rotatable bonds is 10. The zero-order valence-corrected chi connectivity index (χ0v) is 17.2. The number of aromatic nitrogens is 3. The van der Waals surface area contributed by atoms with Crippen molar-refractivity contribution in [3.05, 3.63) is 72.0 Å². The van der Waals surface area contributed by atoms with E-state index in [1.807, 2.05) is 47.0 Å². The van der Waals surface area contributed by atoms with Crippen molar-refractivity contribution >= 4 is 23.4 Å². The van der Waals surface area contributed by atoms with Crippen LogP contribution in [-0.2, 0) is 17.9 Å². The SMILES string of the molecule is C=C(Cl)CSc1nnc(COc2ccccc2-c2ccccc2)n1CCOC. The molecule has 2 aromatic carbocycles. The highest BCUT2D eigenvalue weighted by Crippen LogP contribution is 2.30. The van der Waals surface area contributed by atoms with Gasteiger partial charge in [-0.05, 0) is 11.6 Å². The van der Waals surface area contributed by atoms with Crippen molar-refractivity contribution in [2.75, 3.05) is 19.5 Å². The summed E-state index contributed by atoms with van der Waals surface area (Å²) >= 11 is 7.38. The largest absolute Gasteiger partial charge is 0.485 e. The van der Waals surface area contributed by atoms with E-state index in [-0.39, 0.29) is 0 Å². The van der Waals surface area contributed by atoms with Gasteiger partial charge in [-0.1, -0.05) is 78.5 Å². The second kappa shape index (κ2) is 10.3. The van der Waals surface area contributed by atoms with Crippen LogP contribution >= 0.6 is 23.4 Å². The standard InChI is InChI=1S/C21H22ClN3O2S/c1-16(22)15-28-21-24-23-20(25(21)12-13-26-2)14-27-19-11-7-6-10-18(19)17-8-4-3-5-9-17/h3-11H,1,12-15H2,2H3. The number of para-hydroxylation sites is 1. The van der Waals surface area contributed by atoms with Crippen LogP contribution in [0.25, 0.3) is 11.1 Å². The minimum absolute atomic E-state index is 0.308. The molecule has 0 radical (unpaired) electrons. The molecule has 1 aromatic heterocycles. The van der Waals surface area contributed by atoms with Crippen molar-refractivity contribution in [3.8, 4) is 16.9 Å². The van der Waals surface area contributed by atoms with Gasteiger partial charge in [-0.15, -0.1) is 10.2 Å². The first-order chi connectivity index (χ1) is 13.7. The van der Waals surface area contributed by atoms with Crippen molar-refractivity contribution in [2.45, 2.75) is 18.3 Å².